The molecule has 0 atom stereocenters. The summed E-state index contributed by atoms with van der Waals surface area (Å²) in [4.78, 5) is 13.7. The van der Waals surface area contributed by atoms with Gasteiger partial charge in [-0.3, -0.25) is 14.5 Å². The first-order valence-electron chi connectivity index (χ1n) is 14.3. The van der Waals surface area contributed by atoms with E-state index in [1.165, 1.54) is 0 Å². The molecule has 42 heavy (non-hydrogen) atoms. The molecule has 0 unspecified atom stereocenters. The zero-order valence-electron chi connectivity index (χ0n) is 25.6. The third-order valence-electron chi connectivity index (χ3n) is 6.37. The van der Waals surface area contributed by atoms with Crippen LogP contribution in [-0.2, 0) is 0 Å². The molecule has 0 aromatic heterocycles. The van der Waals surface area contributed by atoms with Gasteiger partial charge in [-0.1, -0.05) is 0 Å². The van der Waals surface area contributed by atoms with E-state index in [2.05, 4.69) is 63.3 Å². The lowest BCUT2D eigenvalue weighted by Gasteiger charge is -2.14. The van der Waals surface area contributed by atoms with Crippen LogP contribution < -0.4 is 27.4 Å². The van der Waals surface area contributed by atoms with Crippen LogP contribution in [0.15, 0.2) is 83.1 Å². The second kappa shape index (κ2) is 16.5. The van der Waals surface area contributed by atoms with Crippen LogP contribution in [-0.4, -0.2) is 93.6 Å². The van der Waals surface area contributed by atoms with E-state index in [0.717, 1.165) is 67.5 Å². The highest BCUT2D eigenvalue weighted by Crippen LogP contribution is 2.34. The average Bonchev–Trinajstić information content (AvgIpc) is 2.96. The zero-order valence-corrected chi connectivity index (χ0v) is 25.6. The number of nitrogens with two attached hydrogens (primary N) is 2. The molecule has 2 aromatic carbocycles. The van der Waals surface area contributed by atoms with Crippen LogP contribution in [0.3, 0.4) is 0 Å². The Kier molecular flexibility index (Phi) is 12.5. The Morgan fingerprint density at radius 2 is 1.52 bits per heavy atom. The topological polar surface area (TPSA) is 122 Å². The van der Waals surface area contributed by atoms with Crippen molar-refractivity contribution in [2.24, 2.45) is 9.98 Å². The van der Waals surface area contributed by atoms with Gasteiger partial charge in [0.1, 0.15) is 0 Å². The molecular formula is C32H47N10+. The van der Waals surface area contributed by atoms with Gasteiger partial charge in [0.05, 0.1) is 61.9 Å². The number of rotatable bonds is 15. The summed E-state index contributed by atoms with van der Waals surface area (Å²) in [6.45, 7) is 3.59. The number of anilines is 5. The fourth-order valence-corrected chi connectivity index (χ4v) is 4.24. The van der Waals surface area contributed by atoms with Gasteiger partial charge in [0.25, 0.3) is 0 Å². The van der Waals surface area contributed by atoms with E-state index in [9.17, 15) is 0 Å². The van der Waals surface area contributed by atoms with Gasteiger partial charge >= 0.3 is 0 Å². The third-order valence-corrected chi connectivity index (χ3v) is 6.37. The van der Waals surface area contributed by atoms with Crippen LogP contribution in [0.4, 0.5) is 34.1 Å². The van der Waals surface area contributed by atoms with Crippen molar-refractivity contribution in [1.82, 2.24) is 15.1 Å². The van der Waals surface area contributed by atoms with E-state index in [4.69, 9.17) is 16.5 Å². The Morgan fingerprint density at radius 3 is 2.21 bits per heavy atom. The Bertz CT molecular complexity index is 1310. The molecule has 10 heteroatoms. The molecule has 1 aliphatic rings. The van der Waals surface area contributed by atoms with Gasteiger partial charge in [-0.2, -0.15) is 0 Å². The maximum Gasteiger partial charge on any atom is 0.233 e. The lowest BCUT2D eigenvalue weighted by molar-refractivity contribution is -0.464. The molecule has 0 amide bonds. The maximum absolute atomic E-state index is 6.29. The normalized spacial score (nSPS) is 12.3. The lowest BCUT2D eigenvalue weighted by atomic mass is 10.1. The minimum atomic E-state index is 0.525. The number of nitrogens with zero attached hydrogens (tertiary/aromatic N) is 5. The Morgan fingerprint density at radius 1 is 0.857 bits per heavy atom. The molecule has 0 heterocycles. The first-order chi connectivity index (χ1) is 20.2. The van der Waals surface area contributed by atoms with Crippen LogP contribution in [0, 0.1) is 0 Å². The summed E-state index contributed by atoms with van der Waals surface area (Å²) in [7, 11) is 10.1. The molecule has 0 saturated heterocycles. The highest BCUT2D eigenvalue weighted by Gasteiger charge is 2.08. The summed E-state index contributed by atoms with van der Waals surface area (Å²) < 4.78 is 2.05. The smallest absolute Gasteiger partial charge is 0.233 e. The Labute approximate surface area is 250 Å². The highest BCUT2D eigenvalue weighted by molar-refractivity contribution is 6.19. The molecule has 224 valence electrons. The molecule has 0 saturated carbocycles. The summed E-state index contributed by atoms with van der Waals surface area (Å²) in [5.74, 6) is 0. The SMILES string of the molecule is CN/C=C\N(C)CCCN=C1C=CC(=Nc2cc(Nc3ccc(NCCCN(C)C=[N+](C)C)cc3)c(N)cc2N)C=C1. The average molecular weight is 572 g/mol. The van der Waals surface area contributed by atoms with Crippen LogP contribution in [0.25, 0.3) is 0 Å². The van der Waals surface area contributed by atoms with E-state index in [0.29, 0.717) is 17.1 Å². The molecule has 0 spiro atoms. The number of allylic oxidation sites excluding steroid dienone is 4. The standard InChI is InChI=1S/C32H47N10/c1-35-18-21-41(4)19-6-16-36-25-8-12-27(13-9-25)38-31-23-32(30(34)22-29(31)33)39-28-14-10-26(11-15-28)37-17-7-20-42(5)24-40(2)3/h8-15,18,21-24,35,37,39H,6-7,16-17,19-20,33-34H2,1-5H3/q+1/b21-18-,36-25?,38-27?. The van der Waals surface area contributed by atoms with Crippen molar-refractivity contribution >= 4 is 51.9 Å². The van der Waals surface area contributed by atoms with Gasteiger partial charge in [0.2, 0.25) is 6.34 Å². The van der Waals surface area contributed by atoms with Gasteiger partial charge in [0.15, 0.2) is 0 Å². The molecule has 1 aliphatic carbocycles. The summed E-state index contributed by atoms with van der Waals surface area (Å²) in [6, 6.07) is 11.8. The minimum Gasteiger partial charge on any atom is -0.397 e. The summed E-state index contributed by atoms with van der Waals surface area (Å²) in [6.07, 6.45) is 15.9. The van der Waals surface area contributed by atoms with Crippen molar-refractivity contribution in [2.45, 2.75) is 12.8 Å². The number of nitrogen functional groups attached to an aromatic ring is 2. The van der Waals surface area contributed by atoms with Crippen molar-refractivity contribution < 1.29 is 4.58 Å². The predicted molar refractivity (Wildman–Crippen MR) is 182 cm³/mol. The van der Waals surface area contributed by atoms with Crippen molar-refractivity contribution in [3.05, 3.63) is 73.1 Å². The molecule has 7 N–H and O–H groups in total. The molecule has 2 aromatic rings. The fourth-order valence-electron chi connectivity index (χ4n) is 4.24. The number of hydrogen-bond donors (Lipinski definition) is 5. The molecule has 0 bridgehead atoms. The van der Waals surface area contributed by atoms with Crippen LogP contribution in [0.2, 0.25) is 0 Å². The van der Waals surface area contributed by atoms with Crippen LogP contribution in [0.1, 0.15) is 12.8 Å². The van der Waals surface area contributed by atoms with Crippen molar-refractivity contribution in [1.29, 1.82) is 0 Å². The minimum absolute atomic E-state index is 0.525. The molecule has 10 nitrogen and oxygen atoms in total. The molecular weight excluding hydrogens is 524 g/mol. The second-order valence-electron chi connectivity index (χ2n) is 10.5. The van der Waals surface area contributed by atoms with Crippen molar-refractivity contribution in [3.8, 4) is 0 Å². The first kappa shape index (κ1) is 31.8. The van der Waals surface area contributed by atoms with Crippen LogP contribution in [0.5, 0.6) is 0 Å². The van der Waals surface area contributed by atoms with E-state index in [-0.39, 0.29) is 0 Å². The summed E-state index contributed by atoms with van der Waals surface area (Å²) >= 11 is 0. The van der Waals surface area contributed by atoms with E-state index in [1.807, 2.05) is 80.6 Å². The van der Waals surface area contributed by atoms with Crippen molar-refractivity contribution in [3.63, 3.8) is 0 Å². The predicted octanol–water partition coefficient (Wildman–Crippen LogP) is 4.28. The van der Waals surface area contributed by atoms with Gasteiger partial charge < -0.3 is 32.3 Å². The van der Waals surface area contributed by atoms with E-state index in [1.54, 1.807) is 6.07 Å². The Hall–Kier alpha value is -4.73. The monoisotopic (exact) mass is 571 g/mol. The lowest BCUT2D eigenvalue weighted by Crippen LogP contribution is -2.24. The number of nitrogens with one attached hydrogen (secondary N) is 3. The molecule has 0 aliphatic heterocycles. The fraction of sp³-hybridized carbons (Fsp3) is 0.344. The second-order valence-corrected chi connectivity index (χ2v) is 10.5. The molecule has 0 radical (unpaired) electrons. The number of benzene rings is 2. The maximum atomic E-state index is 6.29. The largest absolute Gasteiger partial charge is 0.397 e. The summed E-state index contributed by atoms with van der Waals surface area (Å²) in [5.41, 5.74) is 18.8. The third kappa shape index (κ3) is 11.0. The quantitative estimate of drug-likeness (QED) is 0.0540. The molecule has 0 fully saturated rings. The van der Waals surface area contributed by atoms with Gasteiger partial charge in [-0.15, -0.1) is 0 Å². The number of aliphatic imine (C=N–C) groups is 2. The van der Waals surface area contributed by atoms with Gasteiger partial charge in [0, 0.05) is 63.9 Å². The van der Waals surface area contributed by atoms with Crippen LogP contribution >= 0.6 is 0 Å². The van der Waals surface area contributed by atoms with Crippen molar-refractivity contribution in [2.75, 3.05) is 83.5 Å². The zero-order chi connectivity index (χ0) is 30.3. The Balaban J connectivity index is 1.55. The number of hydrogen-bond acceptors (Lipinski definition) is 8. The molecule has 3 rings (SSSR count). The van der Waals surface area contributed by atoms with E-state index < -0.39 is 0 Å². The van der Waals surface area contributed by atoms with Gasteiger partial charge in [-0.05, 0) is 67.1 Å². The summed E-state index contributed by atoms with van der Waals surface area (Å²) in [5, 5.41) is 9.87. The first-order valence-corrected chi connectivity index (χ1v) is 14.3. The van der Waals surface area contributed by atoms with Gasteiger partial charge in [-0.25, -0.2) is 4.99 Å². The van der Waals surface area contributed by atoms with E-state index >= 15 is 0 Å². The highest BCUT2D eigenvalue weighted by atomic mass is 15.2.